The first-order chi connectivity index (χ1) is 8.96. The van der Waals surface area contributed by atoms with Crippen LogP contribution in [0.5, 0.6) is 0 Å². The number of hydrogen-bond donors (Lipinski definition) is 0. The number of nitrogens with zero attached hydrogens (tertiary/aromatic N) is 2. The Labute approximate surface area is 123 Å². The average molecular weight is 325 g/mol. The molecule has 1 aliphatic heterocycles. The third-order valence-electron chi connectivity index (χ3n) is 4.16. The number of halogens is 1. The average Bonchev–Trinajstić information content (AvgIpc) is 3.10. The van der Waals surface area contributed by atoms with Gasteiger partial charge in [-0.3, -0.25) is 4.79 Å². The van der Waals surface area contributed by atoms with E-state index < -0.39 is 0 Å². The molecule has 0 N–H and O–H groups in total. The van der Waals surface area contributed by atoms with Crippen LogP contribution < -0.4 is 0 Å². The Morgan fingerprint density at radius 2 is 2.16 bits per heavy atom. The van der Waals surface area contributed by atoms with Crippen molar-refractivity contribution >= 4 is 21.8 Å². The SMILES string of the molecule is CC1(C)CCCN(C(=O)c2cc(Br)cn2C2CC2)C1. The molecule has 1 saturated carbocycles. The molecule has 4 heteroatoms. The highest BCUT2D eigenvalue weighted by Gasteiger charge is 2.33. The summed E-state index contributed by atoms with van der Waals surface area (Å²) in [5.74, 6) is 0.199. The van der Waals surface area contributed by atoms with Crippen molar-refractivity contribution in [2.75, 3.05) is 13.1 Å². The van der Waals surface area contributed by atoms with Crippen molar-refractivity contribution in [2.45, 2.75) is 45.6 Å². The van der Waals surface area contributed by atoms with Gasteiger partial charge in [0, 0.05) is 29.8 Å². The molecular weight excluding hydrogens is 304 g/mol. The monoisotopic (exact) mass is 324 g/mol. The number of carbonyl (C=O) groups is 1. The van der Waals surface area contributed by atoms with Crippen LogP contribution >= 0.6 is 15.9 Å². The van der Waals surface area contributed by atoms with E-state index in [2.05, 4.69) is 40.5 Å². The van der Waals surface area contributed by atoms with E-state index in [0.717, 1.165) is 29.7 Å². The van der Waals surface area contributed by atoms with Gasteiger partial charge in [0.1, 0.15) is 5.69 Å². The Hall–Kier alpha value is -0.770. The van der Waals surface area contributed by atoms with E-state index in [9.17, 15) is 4.79 Å². The minimum atomic E-state index is 0.199. The lowest BCUT2D eigenvalue weighted by molar-refractivity contribution is 0.0572. The molecule has 0 spiro atoms. The van der Waals surface area contributed by atoms with Gasteiger partial charge in [0.05, 0.1) is 0 Å². The molecule has 19 heavy (non-hydrogen) atoms. The van der Waals surface area contributed by atoms with Crippen LogP contribution in [0, 0.1) is 5.41 Å². The summed E-state index contributed by atoms with van der Waals surface area (Å²) in [5.41, 5.74) is 1.11. The van der Waals surface area contributed by atoms with Crippen LogP contribution in [0.2, 0.25) is 0 Å². The first kappa shape index (κ1) is 13.2. The zero-order valence-electron chi connectivity index (χ0n) is 11.7. The lowest BCUT2D eigenvalue weighted by atomic mass is 9.84. The fraction of sp³-hybridized carbons (Fsp3) is 0.667. The maximum Gasteiger partial charge on any atom is 0.270 e. The molecule has 2 aliphatic rings. The predicted octanol–water partition coefficient (Wildman–Crippen LogP) is 3.85. The highest BCUT2D eigenvalue weighted by atomic mass is 79.9. The molecule has 1 aromatic rings. The predicted molar refractivity (Wildman–Crippen MR) is 79.3 cm³/mol. The van der Waals surface area contributed by atoms with Crippen LogP contribution in [-0.2, 0) is 0 Å². The summed E-state index contributed by atoms with van der Waals surface area (Å²) in [6, 6.07) is 2.52. The maximum absolute atomic E-state index is 12.7. The minimum Gasteiger partial charge on any atom is -0.339 e. The lowest BCUT2D eigenvalue weighted by Gasteiger charge is -2.38. The van der Waals surface area contributed by atoms with Gasteiger partial charge < -0.3 is 9.47 Å². The summed E-state index contributed by atoms with van der Waals surface area (Å²) in [6.45, 7) is 6.28. The second-order valence-electron chi connectivity index (χ2n) is 6.68. The standard InChI is InChI=1S/C15H21BrN2O/c1-15(2)6-3-7-17(10-15)14(19)13-8-11(16)9-18(13)12-4-5-12/h8-9,12H,3-7,10H2,1-2H3. The molecule has 2 heterocycles. The van der Waals surface area contributed by atoms with E-state index in [1.54, 1.807) is 0 Å². The number of amides is 1. The molecule has 1 aromatic heterocycles. The Balaban J connectivity index is 1.83. The number of likely N-dealkylation sites (tertiary alicyclic amines) is 1. The third-order valence-corrected chi connectivity index (χ3v) is 4.60. The molecule has 0 bridgehead atoms. The fourth-order valence-corrected chi connectivity index (χ4v) is 3.47. The van der Waals surface area contributed by atoms with Gasteiger partial charge in [0.2, 0.25) is 0 Å². The Bertz CT molecular complexity index is 502. The zero-order valence-corrected chi connectivity index (χ0v) is 13.2. The normalized spacial score (nSPS) is 22.6. The van der Waals surface area contributed by atoms with Crippen LogP contribution in [-0.4, -0.2) is 28.5 Å². The van der Waals surface area contributed by atoms with Crippen LogP contribution in [0.3, 0.4) is 0 Å². The van der Waals surface area contributed by atoms with E-state index in [1.807, 2.05) is 11.0 Å². The van der Waals surface area contributed by atoms with Crippen LogP contribution in [0.15, 0.2) is 16.7 Å². The van der Waals surface area contributed by atoms with Gasteiger partial charge >= 0.3 is 0 Å². The largest absolute Gasteiger partial charge is 0.339 e. The van der Waals surface area contributed by atoms with Gasteiger partial charge in [-0.1, -0.05) is 13.8 Å². The van der Waals surface area contributed by atoms with E-state index in [1.165, 1.54) is 19.3 Å². The number of carbonyl (C=O) groups excluding carboxylic acids is 1. The van der Waals surface area contributed by atoms with Crippen LogP contribution in [0.25, 0.3) is 0 Å². The molecule has 0 aromatic carbocycles. The van der Waals surface area contributed by atoms with Crippen molar-refractivity contribution in [3.8, 4) is 0 Å². The molecule has 3 rings (SSSR count). The van der Waals surface area contributed by atoms with Crippen molar-refractivity contribution in [1.82, 2.24) is 9.47 Å². The van der Waals surface area contributed by atoms with Crippen LogP contribution in [0.1, 0.15) is 56.1 Å². The van der Waals surface area contributed by atoms with Gasteiger partial charge in [0.15, 0.2) is 0 Å². The molecule has 0 atom stereocenters. The summed E-state index contributed by atoms with van der Waals surface area (Å²) < 4.78 is 3.17. The first-order valence-electron chi connectivity index (χ1n) is 7.13. The summed E-state index contributed by atoms with van der Waals surface area (Å²) in [7, 11) is 0. The van der Waals surface area contributed by atoms with E-state index in [-0.39, 0.29) is 11.3 Å². The number of hydrogen-bond acceptors (Lipinski definition) is 1. The highest BCUT2D eigenvalue weighted by molar-refractivity contribution is 9.10. The van der Waals surface area contributed by atoms with Gasteiger partial charge in [-0.15, -0.1) is 0 Å². The van der Waals surface area contributed by atoms with Gasteiger partial charge in [0.25, 0.3) is 5.91 Å². The third kappa shape index (κ3) is 2.73. The molecular formula is C15H21BrN2O. The molecule has 1 saturated heterocycles. The second kappa shape index (κ2) is 4.65. The number of piperidine rings is 1. The van der Waals surface area contributed by atoms with Crippen molar-refractivity contribution in [2.24, 2.45) is 5.41 Å². The van der Waals surface area contributed by atoms with E-state index in [0.29, 0.717) is 6.04 Å². The molecule has 2 fully saturated rings. The summed E-state index contributed by atoms with van der Waals surface area (Å²) in [4.78, 5) is 14.8. The van der Waals surface area contributed by atoms with E-state index in [4.69, 9.17) is 0 Å². The minimum absolute atomic E-state index is 0.199. The number of rotatable bonds is 2. The topological polar surface area (TPSA) is 25.2 Å². The smallest absolute Gasteiger partial charge is 0.270 e. The molecule has 1 aliphatic carbocycles. The van der Waals surface area contributed by atoms with Gasteiger partial charge in [-0.2, -0.15) is 0 Å². The van der Waals surface area contributed by atoms with Gasteiger partial charge in [-0.25, -0.2) is 0 Å². The van der Waals surface area contributed by atoms with E-state index >= 15 is 0 Å². The number of aromatic nitrogens is 1. The van der Waals surface area contributed by atoms with Crippen molar-refractivity contribution < 1.29 is 4.79 Å². The zero-order chi connectivity index (χ0) is 13.6. The molecule has 3 nitrogen and oxygen atoms in total. The lowest BCUT2D eigenvalue weighted by Crippen LogP contribution is -2.44. The Morgan fingerprint density at radius 3 is 2.79 bits per heavy atom. The Morgan fingerprint density at radius 1 is 1.42 bits per heavy atom. The molecule has 1 amide bonds. The molecule has 104 valence electrons. The summed E-state index contributed by atoms with van der Waals surface area (Å²) in [6.07, 6.45) is 6.79. The van der Waals surface area contributed by atoms with Gasteiger partial charge in [-0.05, 0) is 53.1 Å². The quantitative estimate of drug-likeness (QED) is 0.811. The fourth-order valence-electron chi connectivity index (χ4n) is 3.03. The Kier molecular flexibility index (Phi) is 3.24. The summed E-state index contributed by atoms with van der Waals surface area (Å²) in [5, 5.41) is 0. The second-order valence-corrected chi connectivity index (χ2v) is 7.59. The highest BCUT2D eigenvalue weighted by Crippen LogP contribution is 2.38. The maximum atomic E-state index is 12.7. The molecule has 0 radical (unpaired) electrons. The van der Waals surface area contributed by atoms with Crippen LogP contribution in [0.4, 0.5) is 0 Å². The van der Waals surface area contributed by atoms with Crippen molar-refractivity contribution in [1.29, 1.82) is 0 Å². The van der Waals surface area contributed by atoms with Crippen molar-refractivity contribution in [3.05, 3.63) is 22.4 Å². The first-order valence-corrected chi connectivity index (χ1v) is 7.92. The van der Waals surface area contributed by atoms with Crippen molar-refractivity contribution in [3.63, 3.8) is 0 Å². The summed E-state index contributed by atoms with van der Waals surface area (Å²) >= 11 is 3.50. The molecule has 0 unspecified atom stereocenters.